The van der Waals surface area contributed by atoms with E-state index in [1.807, 2.05) is 6.07 Å². The van der Waals surface area contributed by atoms with Gasteiger partial charge in [0.15, 0.2) is 6.61 Å². The lowest BCUT2D eigenvalue weighted by atomic mass is 9.80. The van der Waals surface area contributed by atoms with Gasteiger partial charge in [-0.3, -0.25) is 9.59 Å². The minimum Gasteiger partial charge on any atom is -0.484 e. The van der Waals surface area contributed by atoms with E-state index in [1.54, 1.807) is 24.3 Å². The Hall–Kier alpha value is -2.59. The van der Waals surface area contributed by atoms with Crippen molar-refractivity contribution in [2.24, 2.45) is 5.41 Å². The van der Waals surface area contributed by atoms with Crippen LogP contribution in [0.15, 0.2) is 24.3 Å². The molecule has 0 saturated carbocycles. The number of carbonyl (C=O) groups excluding carboxylic acids is 1. The van der Waals surface area contributed by atoms with Gasteiger partial charge in [0.05, 0.1) is 18.2 Å². The first-order valence-electron chi connectivity index (χ1n) is 7.64. The monoisotopic (exact) mass is 332 g/mol. The second-order valence-electron chi connectivity index (χ2n) is 5.86. The molecule has 0 aromatic heterocycles. The quantitative estimate of drug-likeness (QED) is 0.842. The van der Waals surface area contributed by atoms with Crippen LogP contribution in [0.2, 0.25) is 0 Å². The van der Waals surface area contributed by atoms with Crippen LogP contribution in [0.3, 0.4) is 0 Å². The molecule has 2 rings (SSSR count). The first-order chi connectivity index (χ1) is 11.5. The molecule has 1 aromatic rings. The summed E-state index contributed by atoms with van der Waals surface area (Å²) in [5, 5.41) is 18.2. The fourth-order valence-corrected chi connectivity index (χ4v) is 2.84. The summed E-state index contributed by atoms with van der Waals surface area (Å²) in [6.45, 7) is 0.525. The average Bonchev–Trinajstić information content (AvgIpc) is 2.60. The van der Waals surface area contributed by atoms with Crippen LogP contribution >= 0.6 is 0 Å². The Kier molecular flexibility index (Phi) is 5.77. The van der Waals surface area contributed by atoms with Crippen molar-refractivity contribution in [2.75, 3.05) is 33.4 Å². The topological polar surface area (TPSA) is 99.9 Å². The first kappa shape index (κ1) is 17.8. The van der Waals surface area contributed by atoms with Gasteiger partial charge in [0, 0.05) is 20.2 Å². The zero-order valence-corrected chi connectivity index (χ0v) is 13.5. The summed E-state index contributed by atoms with van der Waals surface area (Å²) in [6.07, 6.45) is 1.09. The molecule has 0 spiro atoms. The van der Waals surface area contributed by atoms with Crippen LogP contribution in [-0.4, -0.2) is 55.3 Å². The molecule has 24 heavy (non-hydrogen) atoms. The third-order valence-corrected chi connectivity index (χ3v) is 4.15. The highest BCUT2D eigenvalue weighted by Gasteiger charge is 2.43. The van der Waals surface area contributed by atoms with Crippen molar-refractivity contribution in [1.82, 2.24) is 4.90 Å². The van der Waals surface area contributed by atoms with Gasteiger partial charge in [-0.15, -0.1) is 0 Å². The summed E-state index contributed by atoms with van der Waals surface area (Å²) in [4.78, 5) is 25.4. The minimum atomic E-state index is -1.06. The third-order valence-electron chi connectivity index (χ3n) is 4.15. The summed E-state index contributed by atoms with van der Waals surface area (Å²) < 4.78 is 10.5. The SMILES string of the molecule is COCC1(C(=O)O)CCCN(C(=O)COc2ccc(C#N)cc2)C1. The van der Waals surface area contributed by atoms with E-state index in [0.717, 1.165) is 0 Å². The molecule has 1 aromatic carbocycles. The van der Waals surface area contributed by atoms with Gasteiger partial charge in [-0.1, -0.05) is 0 Å². The number of rotatable bonds is 6. The Bertz CT molecular complexity index is 633. The number of piperidine rings is 1. The maximum Gasteiger partial charge on any atom is 0.313 e. The largest absolute Gasteiger partial charge is 0.484 e. The van der Waals surface area contributed by atoms with Gasteiger partial charge in [-0.25, -0.2) is 0 Å². The number of likely N-dealkylation sites (tertiary alicyclic amines) is 1. The zero-order chi connectivity index (χ0) is 17.6. The van der Waals surface area contributed by atoms with E-state index in [0.29, 0.717) is 30.7 Å². The van der Waals surface area contributed by atoms with Crippen molar-refractivity contribution in [2.45, 2.75) is 12.8 Å². The first-order valence-corrected chi connectivity index (χ1v) is 7.64. The standard InChI is InChI=1S/C17H20N2O5/c1-23-12-17(16(21)22)7-2-8-19(11-17)15(20)10-24-14-5-3-13(9-18)4-6-14/h3-6H,2,7-8,10-12H2,1H3,(H,21,22). The molecule has 7 heteroatoms. The van der Waals surface area contributed by atoms with Gasteiger partial charge >= 0.3 is 5.97 Å². The van der Waals surface area contributed by atoms with E-state index in [2.05, 4.69) is 0 Å². The molecule has 1 aliphatic heterocycles. The highest BCUT2D eigenvalue weighted by molar-refractivity contribution is 5.80. The van der Waals surface area contributed by atoms with Crippen molar-refractivity contribution >= 4 is 11.9 Å². The number of nitrogens with zero attached hydrogens (tertiary/aromatic N) is 2. The molecule has 0 aliphatic carbocycles. The molecule has 1 heterocycles. The smallest absolute Gasteiger partial charge is 0.313 e. The molecule has 128 valence electrons. The summed E-state index contributed by atoms with van der Waals surface area (Å²) in [6, 6.07) is 8.46. The lowest BCUT2D eigenvalue weighted by molar-refractivity contribution is -0.159. The highest BCUT2D eigenvalue weighted by atomic mass is 16.5. The van der Waals surface area contributed by atoms with Gasteiger partial charge in [0.2, 0.25) is 0 Å². The Balaban J connectivity index is 1.96. The average molecular weight is 332 g/mol. The van der Waals surface area contributed by atoms with E-state index < -0.39 is 11.4 Å². The number of methoxy groups -OCH3 is 1. The predicted molar refractivity (Wildman–Crippen MR) is 84.4 cm³/mol. The number of amides is 1. The molecular weight excluding hydrogens is 312 g/mol. The molecule has 1 saturated heterocycles. The maximum atomic E-state index is 12.3. The van der Waals surface area contributed by atoms with Crippen LogP contribution in [0.5, 0.6) is 5.75 Å². The number of carboxylic acid groups (broad SMARTS) is 1. The molecule has 7 nitrogen and oxygen atoms in total. The van der Waals surface area contributed by atoms with Crippen LogP contribution in [0.4, 0.5) is 0 Å². The van der Waals surface area contributed by atoms with E-state index in [4.69, 9.17) is 14.7 Å². The third kappa shape index (κ3) is 4.03. The van der Waals surface area contributed by atoms with E-state index >= 15 is 0 Å². The van der Waals surface area contributed by atoms with Crippen LogP contribution in [0.1, 0.15) is 18.4 Å². The van der Waals surface area contributed by atoms with Crippen molar-refractivity contribution in [3.8, 4) is 11.8 Å². The highest BCUT2D eigenvalue weighted by Crippen LogP contribution is 2.31. The fourth-order valence-electron chi connectivity index (χ4n) is 2.84. The number of ether oxygens (including phenoxy) is 2. The Morgan fingerprint density at radius 2 is 2.08 bits per heavy atom. The number of hydrogen-bond donors (Lipinski definition) is 1. The summed E-state index contributed by atoms with van der Waals surface area (Å²) in [5.41, 5.74) is -0.549. The lowest BCUT2D eigenvalue weighted by Crippen LogP contribution is -2.53. The molecule has 1 atom stereocenters. The molecular formula is C17H20N2O5. The molecule has 1 fully saturated rings. The molecule has 1 amide bonds. The number of benzene rings is 1. The van der Waals surface area contributed by atoms with Gasteiger partial charge < -0.3 is 19.5 Å². The van der Waals surface area contributed by atoms with E-state index in [1.165, 1.54) is 12.0 Å². The van der Waals surface area contributed by atoms with Crippen LogP contribution < -0.4 is 4.74 Å². The van der Waals surface area contributed by atoms with Crippen LogP contribution in [-0.2, 0) is 14.3 Å². The molecule has 1 aliphatic rings. The second-order valence-corrected chi connectivity index (χ2v) is 5.86. The minimum absolute atomic E-state index is 0.0720. The second kappa shape index (κ2) is 7.79. The summed E-state index contributed by atoms with van der Waals surface area (Å²) in [7, 11) is 1.46. The number of carbonyl (C=O) groups is 2. The van der Waals surface area contributed by atoms with Crippen molar-refractivity contribution < 1.29 is 24.2 Å². The summed E-state index contributed by atoms with van der Waals surface area (Å²) in [5.74, 6) is -0.726. The maximum absolute atomic E-state index is 12.3. The normalized spacial score (nSPS) is 20.2. The fraction of sp³-hybridized carbons (Fsp3) is 0.471. The number of aliphatic carboxylic acids is 1. The Morgan fingerprint density at radius 3 is 2.67 bits per heavy atom. The van der Waals surface area contributed by atoms with Gasteiger partial charge in [0.25, 0.3) is 5.91 Å². The van der Waals surface area contributed by atoms with Gasteiger partial charge in [-0.2, -0.15) is 5.26 Å². The Morgan fingerprint density at radius 1 is 1.38 bits per heavy atom. The van der Waals surface area contributed by atoms with Crippen LogP contribution in [0.25, 0.3) is 0 Å². The van der Waals surface area contributed by atoms with E-state index in [-0.39, 0.29) is 25.7 Å². The Labute approximate surface area is 140 Å². The van der Waals surface area contributed by atoms with Crippen molar-refractivity contribution in [1.29, 1.82) is 5.26 Å². The summed E-state index contributed by atoms with van der Waals surface area (Å²) >= 11 is 0. The van der Waals surface area contributed by atoms with Crippen LogP contribution in [0, 0.1) is 16.7 Å². The number of hydrogen-bond acceptors (Lipinski definition) is 5. The predicted octanol–water partition coefficient (Wildman–Crippen LogP) is 1.28. The van der Waals surface area contributed by atoms with Gasteiger partial charge in [0.1, 0.15) is 11.2 Å². The molecule has 1 N–H and O–H groups in total. The van der Waals surface area contributed by atoms with Crippen molar-refractivity contribution in [3.05, 3.63) is 29.8 Å². The zero-order valence-electron chi connectivity index (χ0n) is 13.5. The van der Waals surface area contributed by atoms with Crippen molar-refractivity contribution in [3.63, 3.8) is 0 Å². The molecule has 0 bridgehead atoms. The number of nitriles is 1. The molecule has 1 unspecified atom stereocenters. The van der Waals surface area contributed by atoms with E-state index in [9.17, 15) is 14.7 Å². The molecule has 0 radical (unpaired) electrons. The lowest BCUT2D eigenvalue weighted by Gasteiger charge is -2.39. The van der Waals surface area contributed by atoms with Gasteiger partial charge in [-0.05, 0) is 37.1 Å². The number of carboxylic acids is 1.